The Hall–Kier alpha value is -3.32. The Balaban J connectivity index is 1.33. The van der Waals surface area contributed by atoms with E-state index in [1.54, 1.807) is 49.8 Å². The van der Waals surface area contributed by atoms with Crippen LogP contribution in [0, 0.1) is 11.8 Å². The number of nitrogens with one attached hydrogen (secondary N) is 1. The van der Waals surface area contributed by atoms with Crippen LogP contribution in [0.25, 0.3) is 0 Å². The molecule has 0 spiro atoms. The second-order valence-corrected chi connectivity index (χ2v) is 12.3. The van der Waals surface area contributed by atoms with Crippen LogP contribution in [-0.2, 0) is 23.0 Å². The molecule has 1 saturated carbocycles. The van der Waals surface area contributed by atoms with Gasteiger partial charge in [-0.05, 0) is 115 Å². The number of hydrogen-bond donors (Lipinski definition) is 1. The lowest BCUT2D eigenvalue weighted by molar-refractivity contribution is 0.0519. The maximum Gasteiger partial charge on any atom is 0.341 e. The Labute approximate surface area is 233 Å². The summed E-state index contributed by atoms with van der Waals surface area (Å²) in [5.74, 6) is 2.60. The van der Waals surface area contributed by atoms with Gasteiger partial charge in [-0.25, -0.2) is 4.79 Å². The average Bonchev–Trinajstić information content (AvgIpc) is 3.46. The fourth-order valence-electron chi connectivity index (χ4n) is 7.52. The third kappa shape index (κ3) is 4.22. The summed E-state index contributed by atoms with van der Waals surface area (Å²) in [6.45, 7) is 4.46. The molecule has 204 valence electrons. The minimum absolute atomic E-state index is 0.123. The van der Waals surface area contributed by atoms with Crippen molar-refractivity contribution in [3.63, 3.8) is 0 Å². The van der Waals surface area contributed by atoms with Crippen molar-refractivity contribution in [1.82, 2.24) is 0 Å². The van der Waals surface area contributed by atoms with Crippen molar-refractivity contribution >= 4 is 28.2 Å². The van der Waals surface area contributed by atoms with E-state index >= 15 is 0 Å². The number of hydrogen-bond acceptors (Lipinski definition) is 6. The molecule has 1 aromatic heterocycles. The summed E-state index contributed by atoms with van der Waals surface area (Å²) >= 11 is 1.55. The zero-order chi connectivity index (χ0) is 27.3. The molecular weight excluding hydrogens is 510 g/mol. The van der Waals surface area contributed by atoms with Crippen LogP contribution in [0.3, 0.4) is 0 Å². The number of ether oxygens (including phenoxy) is 3. The molecule has 4 atom stereocenters. The second kappa shape index (κ2) is 10.0. The molecule has 1 heterocycles. The van der Waals surface area contributed by atoms with E-state index in [1.165, 1.54) is 16.0 Å². The topological polar surface area (TPSA) is 73.9 Å². The van der Waals surface area contributed by atoms with E-state index in [0.29, 0.717) is 46.2 Å². The summed E-state index contributed by atoms with van der Waals surface area (Å²) in [5.41, 5.74) is 4.96. The van der Waals surface area contributed by atoms with Crippen molar-refractivity contribution < 1.29 is 23.8 Å². The van der Waals surface area contributed by atoms with Crippen LogP contribution in [0.5, 0.6) is 11.5 Å². The minimum Gasteiger partial charge on any atom is -0.497 e. The number of anilines is 1. The number of fused-ring (bicyclic) bond motifs is 7. The molecule has 0 unspecified atom stereocenters. The van der Waals surface area contributed by atoms with Crippen molar-refractivity contribution in [2.24, 2.45) is 11.8 Å². The Morgan fingerprint density at radius 3 is 2.51 bits per heavy atom. The first kappa shape index (κ1) is 25.9. The Bertz CT molecular complexity index is 1430. The van der Waals surface area contributed by atoms with Crippen molar-refractivity contribution in [1.29, 1.82) is 0 Å². The number of rotatable bonds is 6. The monoisotopic (exact) mass is 545 g/mol. The van der Waals surface area contributed by atoms with Gasteiger partial charge in [-0.2, -0.15) is 0 Å². The summed E-state index contributed by atoms with van der Waals surface area (Å²) in [4.78, 5) is 27.8. The van der Waals surface area contributed by atoms with Gasteiger partial charge in [0.15, 0.2) is 0 Å². The van der Waals surface area contributed by atoms with Crippen molar-refractivity contribution in [2.75, 3.05) is 26.1 Å². The van der Waals surface area contributed by atoms with Gasteiger partial charge < -0.3 is 19.5 Å². The van der Waals surface area contributed by atoms with Gasteiger partial charge in [0.1, 0.15) is 16.5 Å². The number of carbonyl (C=O) groups is 2. The largest absolute Gasteiger partial charge is 0.497 e. The predicted octanol–water partition coefficient (Wildman–Crippen LogP) is 6.76. The molecule has 1 N–H and O–H groups in total. The number of esters is 1. The van der Waals surface area contributed by atoms with Gasteiger partial charge >= 0.3 is 5.97 Å². The molecule has 3 aliphatic carbocycles. The molecule has 6 nitrogen and oxygen atoms in total. The first-order valence-electron chi connectivity index (χ1n) is 13.8. The van der Waals surface area contributed by atoms with Gasteiger partial charge in [0, 0.05) is 10.4 Å². The zero-order valence-corrected chi connectivity index (χ0v) is 23.8. The number of thiophene rings is 1. The summed E-state index contributed by atoms with van der Waals surface area (Å²) in [6, 6.07) is 13.6. The number of amides is 1. The van der Waals surface area contributed by atoms with Crippen LogP contribution in [0.2, 0.25) is 0 Å². The lowest BCUT2D eigenvalue weighted by atomic mass is 9.54. The molecule has 0 aliphatic heterocycles. The SMILES string of the molecule is CCOC(=O)c1c(NC(=O)c2ccc(OC)cc2)sc2c1[C@]1(C)CC[C@@H]3c4ccc(OC)cc4CC[C@H]3[C@@H]1C2. The second-order valence-electron chi connectivity index (χ2n) is 11.1. The van der Waals surface area contributed by atoms with E-state index in [1.807, 2.05) is 6.92 Å². The molecular formula is C32H35NO5S. The van der Waals surface area contributed by atoms with Gasteiger partial charge in [-0.15, -0.1) is 11.3 Å². The number of carbonyl (C=O) groups excluding carboxylic acids is 2. The molecule has 0 saturated heterocycles. The minimum atomic E-state index is -0.342. The standard InChI is InChI=1S/C32H35NO5S/c1-5-38-31(35)27-28-26(39-30(27)33-29(34)18-6-9-20(36-3)10-7-18)17-25-24-12-8-19-16-21(37-4)11-13-22(19)23(24)14-15-32(25,28)2/h6-7,9-11,13,16,23-25H,5,8,12,14-15,17H2,1-4H3,(H,33,34)/t23-,24-,25+,32-/m1/s1. The van der Waals surface area contributed by atoms with E-state index in [2.05, 4.69) is 30.4 Å². The van der Waals surface area contributed by atoms with E-state index in [9.17, 15) is 9.59 Å². The maximum atomic E-state index is 13.4. The normalized spacial score (nSPS) is 24.6. The van der Waals surface area contributed by atoms with Gasteiger partial charge in [0.2, 0.25) is 0 Å². The highest BCUT2D eigenvalue weighted by Gasteiger charge is 2.55. The molecule has 2 aromatic carbocycles. The highest BCUT2D eigenvalue weighted by molar-refractivity contribution is 7.17. The third-order valence-electron chi connectivity index (χ3n) is 9.34. The van der Waals surface area contributed by atoms with Crippen LogP contribution in [0.15, 0.2) is 42.5 Å². The molecule has 0 bridgehead atoms. The van der Waals surface area contributed by atoms with Gasteiger partial charge in [0.05, 0.1) is 26.4 Å². The molecule has 3 aromatic rings. The Morgan fingerprint density at radius 2 is 1.79 bits per heavy atom. The molecule has 3 aliphatic rings. The maximum absolute atomic E-state index is 13.4. The van der Waals surface area contributed by atoms with Gasteiger partial charge in [-0.3, -0.25) is 4.79 Å². The number of methoxy groups -OCH3 is 2. The molecule has 6 rings (SSSR count). The van der Waals surface area contributed by atoms with E-state index in [0.717, 1.165) is 43.4 Å². The average molecular weight is 546 g/mol. The van der Waals surface area contributed by atoms with Crippen LogP contribution in [0.1, 0.15) is 81.3 Å². The predicted molar refractivity (Wildman–Crippen MR) is 153 cm³/mol. The van der Waals surface area contributed by atoms with E-state index < -0.39 is 0 Å². The highest BCUT2D eigenvalue weighted by Crippen LogP contribution is 2.63. The summed E-state index contributed by atoms with van der Waals surface area (Å²) in [7, 11) is 3.32. The number of benzene rings is 2. The van der Waals surface area contributed by atoms with Crippen LogP contribution >= 0.6 is 11.3 Å². The summed E-state index contributed by atoms with van der Waals surface area (Å²) < 4.78 is 16.3. The fraction of sp³-hybridized carbons (Fsp3) is 0.438. The molecule has 39 heavy (non-hydrogen) atoms. The van der Waals surface area contributed by atoms with Crippen molar-refractivity contribution in [2.45, 2.75) is 57.3 Å². The highest BCUT2D eigenvalue weighted by atomic mass is 32.1. The molecule has 7 heteroatoms. The van der Waals surface area contributed by atoms with Gasteiger partial charge in [0.25, 0.3) is 5.91 Å². The van der Waals surface area contributed by atoms with Crippen molar-refractivity contribution in [3.8, 4) is 11.5 Å². The summed E-state index contributed by atoms with van der Waals surface area (Å²) in [6.07, 6.45) is 5.24. The third-order valence-corrected chi connectivity index (χ3v) is 10.5. The smallest absolute Gasteiger partial charge is 0.341 e. The fourth-order valence-corrected chi connectivity index (χ4v) is 8.90. The first-order valence-corrected chi connectivity index (χ1v) is 14.6. The molecule has 0 radical (unpaired) electrons. The van der Waals surface area contributed by atoms with Crippen LogP contribution in [0.4, 0.5) is 5.00 Å². The van der Waals surface area contributed by atoms with E-state index in [4.69, 9.17) is 14.2 Å². The first-order chi connectivity index (χ1) is 18.9. The molecule has 1 amide bonds. The number of aryl methyl sites for hydroxylation is 1. The van der Waals surface area contributed by atoms with Crippen molar-refractivity contribution in [3.05, 3.63) is 75.2 Å². The van der Waals surface area contributed by atoms with Gasteiger partial charge in [-0.1, -0.05) is 13.0 Å². The molecule has 1 fully saturated rings. The van der Waals surface area contributed by atoms with Crippen LogP contribution in [-0.4, -0.2) is 32.7 Å². The lowest BCUT2D eigenvalue weighted by Crippen LogP contribution is -2.43. The quantitative estimate of drug-likeness (QED) is 0.346. The Morgan fingerprint density at radius 1 is 1.05 bits per heavy atom. The van der Waals surface area contributed by atoms with Crippen LogP contribution < -0.4 is 14.8 Å². The zero-order valence-electron chi connectivity index (χ0n) is 23.0. The summed E-state index contributed by atoms with van der Waals surface area (Å²) in [5, 5.41) is 3.65. The Kier molecular flexibility index (Phi) is 6.66. The lowest BCUT2D eigenvalue weighted by Gasteiger charge is -2.49. The van der Waals surface area contributed by atoms with E-state index in [-0.39, 0.29) is 17.3 Å².